The maximum atomic E-state index is 11.1. The van der Waals surface area contributed by atoms with Gasteiger partial charge >= 0.3 is 6.16 Å². The van der Waals surface area contributed by atoms with Gasteiger partial charge in [-0.25, -0.2) is 4.79 Å². The molecule has 3 nitrogen and oxygen atoms in total. The van der Waals surface area contributed by atoms with E-state index in [4.69, 9.17) is 79.1 Å². The summed E-state index contributed by atoms with van der Waals surface area (Å²) in [7, 11) is 0. The van der Waals surface area contributed by atoms with E-state index in [2.05, 4.69) is 0 Å². The summed E-state index contributed by atoms with van der Waals surface area (Å²) >= 11 is 33.6. The summed E-state index contributed by atoms with van der Waals surface area (Å²) in [5.41, 5.74) is 0. The Morgan fingerprint density at radius 2 is 1.11 bits per heavy atom. The average molecular weight is 381 g/mol. The molecular formula is C9H12Cl6O3. The fraction of sp³-hybridized carbons (Fsp3) is 0.889. The predicted octanol–water partition coefficient (Wildman–Crippen LogP) is 4.74. The van der Waals surface area contributed by atoms with Gasteiger partial charge in [-0.2, -0.15) is 0 Å². The molecule has 0 aliphatic heterocycles. The van der Waals surface area contributed by atoms with Gasteiger partial charge in [0, 0.05) is 0 Å². The zero-order valence-electron chi connectivity index (χ0n) is 9.13. The van der Waals surface area contributed by atoms with Gasteiger partial charge in [-0.15, -0.1) is 69.6 Å². The Balaban J connectivity index is 3.65. The topological polar surface area (TPSA) is 35.5 Å². The third-order valence-electron chi connectivity index (χ3n) is 1.63. The van der Waals surface area contributed by atoms with E-state index in [1.165, 1.54) is 0 Å². The van der Waals surface area contributed by atoms with Crippen molar-refractivity contribution in [1.82, 2.24) is 0 Å². The van der Waals surface area contributed by atoms with Crippen LogP contribution in [0, 0.1) is 0 Å². The van der Waals surface area contributed by atoms with Crippen molar-refractivity contribution in [2.45, 2.75) is 33.3 Å². The molecule has 108 valence electrons. The van der Waals surface area contributed by atoms with Crippen LogP contribution in [0.5, 0.6) is 0 Å². The molecule has 0 saturated carbocycles. The molecule has 0 fully saturated rings. The fourth-order valence-corrected chi connectivity index (χ4v) is 2.59. The first kappa shape index (κ1) is 19.0. The third kappa shape index (κ3) is 12.1. The predicted molar refractivity (Wildman–Crippen MR) is 76.8 cm³/mol. The lowest BCUT2D eigenvalue weighted by molar-refractivity contribution is 0.0547. The van der Waals surface area contributed by atoms with Gasteiger partial charge in [0.25, 0.3) is 0 Å². The smallest absolute Gasteiger partial charge is 0.433 e. The first-order valence-corrected chi connectivity index (χ1v) is 7.57. The number of hydrogen-bond donors (Lipinski definition) is 0. The number of halogens is 6. The van der Waals surface area contributed by atoms with Crippen LogP contribution in [0.1, 0.15) is 12.8 Å². The highest BCUT2D eigenvalue weighted by atomic mass is 35.5. The molecule has 0 aliphatic rings. The van der Waals surface area contributed by atoms with Gasteiger partial charge in [-0.05, 0) is 12.8 Å². The van der Waals surface area contributed by atoms with Crippen molar-refractivity contribution in [1.29, 1.82) is 0 Å². The van der Waals surface area contributed by atoms with E-state index < -0.39 is 26.6 Å². The van der Waals surface area contributed by atoms with Gasteiger partial charge in [0.15, 0.2) is 0 Å². The molecule has 0 aromatic heterocycles. The summed E-state index contributed by atoms with van der Waals surface area (Å²) in [6.07, 6.45) is -0.264. The molecule has 2 unspecified atom stereocenters. The van der Waals surface area contributed by atoms with Crippen LogP contribution in [0.15, 0.2) is 0 Å². The second-order valence-electron chi connectivity index (χ2n) is 3.32. The Kier molecular flexibility index (Phi) is 11.4. The summed E-state index contributed by atoms with van der Waals surface area (Å²) in [5.74, 6) is 0. The zero-order valence-corrected chi connectivity index (χ0v) is 13.7. The van der Waals surface area contributed by atoms with Crippen molar-refractivity contribution in [3.8, 4) is 0 Å². The minimum atomic E-state index is -0.868. The lowest BCUT2D eigenvalue weighted by Crippen LogP contribution is -2.20. The molecule has 0 spiro atoms. The summed E-state index contributed by atoms with van der Waals surface area (Å²) in [6.45, 7) is -0.0894. The van der Waals surface area contributed by atoms with Gasteiger partial charge in [0.05, 0.1) is 10.8 Å². The van der Waals surface area contributed by atoms with Crippen LogP contribution in [0.3, 0.4) is 0 Å². The Morgan fingerprint density at radius 3 is 1.39 bits per heavy atom. The van der Waals surface area contributed by atoms with Crippen molar-refractivity contribution in [2.75, 3.05) is 13.2 Å². The second kappa shape index (κ2) is 10.8. The lowest BCUT2D eigenvalue weighted by atomic mass is 10.3. The van der Waals surface area contributed by atoms with Crippen LogP contribution in [0.2, 0.25) is 0 Å². The van der Waals surface area contributed by atoms with E-state index in [0.717, 1.165) is 0 Å². The number of ether oxygens (including phenoxy) is 2. The molecule has 0 amide bonds. The molecule has 9 heteroatoms. The van der Waals surface area contributed by atoms with Gasteiger partial charge in [-0.3, -0.25) is 0 Å². The Hall–Kier alpha value is 1.01. The van der Waals surface area contributed by atoms with E-state index in [1.54, 1.807) is 0 Å². The number of alkyl halides is 6. The van der Waals surface area contributed by atoms with Crippen LogP contribution < -0.4 is 0 Å². The Labute approximate surface area is 136 Å². The second-order valence-corrected chi connectivity index (χ2v) is 7.11. The molecule has 0 radical (unpaired) electrons. The average Bonchev–Trinajstić information content (AvgIpc) is 2.21. The number of carbonyl (C=O) groups excluding carboxylic acids is 1. The van der Waals surface area contributed by atoms with Crippen molar-refractivity contribution in [3.63, 3.8) is 0 Å². The standard InChI is InChI=1S/C9H12Cl6O3/c10-5(1-7(12)13)3-17-9(16)18-4-6(11)2-8(14)15/h5-8H,1-4H2. The van der Waals surface area contributed by atoms with E-state index in [9.17, 15) is 4.79 Å². The normalized spacial score (nSPS) is 14.7. The van der Waals surface area contributed by atoms with Crippen molar-refractivity contribution in [3.05, 3.63) is 0 Å². The van der Waals surface area contributed by atoms with Crippen LogP contribution in [-0.4, -0.2) is 39.8 Å². The molecule has 2 atom stereocenters. The van der Waals surface area contributed by atoms with E-state index in [1.807, 2.05) is 0 Å². The largest absolute Gasteiger partial charge is 0.508 e. The molecule has 0 aromatic rings. The first-order valence-electron chi connectivity index (χ1n) is 4.95. The van der Waals surface area contributed by atoms with Crippen LogP contribution in [-0.2, 0) is 9.47 Å². The maximum absolute atomic E-state index is 11.1. The van der Waals surface area contributed by atoms with Gasteiger partial charge in [-0.1, -0.05) is 0 Å². The molecule has 0 saturated heterocycles. The first-order chi connectivity index (χ1) is 8.31. The Bertz CT molecular complexity index is 216. The number of carbonyl (C=O) groups is 1. The molecule has 0 heterocycles. The zero-order chi connectivity index (χ0) is 14.1. The molecular weight excluding hydrogens is 369 g/mol. The number of hydrogen-bond acceptors (Lipinski definition) is 3. The fourth-order valence-electron chi connectivity index (χ4n) is 0.881. The molecule has 0 aromatic carbocycles. The molecule has 0 bridgehead atoms. The third-order valence-corrected chi connectivity index (χ3v) is 2.95. The van der Waals surface area contributed by atoms with E-state index in [0.29, 0.717) is 12.8 Å². The van der Waals surface area contributed by atoms with Crippen molar-refractivity contribution >= 4 is 75.8 Å². The highest BCUT2D eigenvalue weighted by Crippen LogP contribution is 2.16. The summed E-state index contributed by atoms with van der Waals surface area (Å²) in [5, 5.41) is -0.946. The summed E-state index contributed by atoms with van der Waals surface area (Å²) < 4.78 is 9.45. The van der Waals surface area contributed by atoms with Crippen LogP contribution in [0.4, 0.5) is 4.79 Å². The van der Waals surface area contributed by atoms with Crippen LogP contribution in [0.25, 0.3) is 0 Å². The minimum absolute atomic E-state index is 0.0447. The van der Waals surface area contributed by atoms with E-state index in [-0.39, 0.29) is 13.2 Å². The van der Waals surface area contributed by atoms with Crippen molar-refractivity contribution < 1.29 is 14.3 Å². The summed E-state index contributed by atoms with van der Waals surface area (Å²) in [4.78, 5) is 9.91. The number of rotatable bonds is 8. The van der Waals surface area contributed by atoms with Gasteiger partial charge < -0.3 is 9.47 Å². The summed E-state index contributed by atoms with van der Waals surface area (Å²) in [6, 6.07) is 0. The van der Waals surface area contributed by atoms with E-state index >= 15 is 0 Å². The SMILES string of the molecule is O=C(OCC(Cl)CC(Cl)Cl)OCC(Cl)CC(Cl)Cl. The minimum Gasteiger partial charge on any atom is -0.433 e. The van der Waals surface area contributed by atoms with Crippen LogP contribution >= 0.6 is 69.6 Å². The molecule has 0 N–H and O–H groups in total. The quantitative estimate of drug-likeness (QED) is 0.450. The highest BCUT2D eigenvalue weighted by molar-refractivity contribution is 6.45. The highest BCUT2D eigenvalue weighted by Gasteiger charge is 2.16. The molecule has 18 heavy (non-hydrogen) atoms. The van der Waals surface area contributed by atoms with Crippen molar-refractivity contribution in [2.24, 2.45) is 0 Å². The lowest BCUT2D eigenvalue weighted by Gasteiger charge is -2.13. The van der Waals surface area contributed by atoms with Gasteiger partial charge in [0.2, 0.25) is 0 Å². The Morgan fingerprint density at radius 1 is 0.778 bits per heavy atom. The molecule has 0 aliphatic carbocycles. The van der Waals surface area contributed by atoms with Gasteiger partial charge in [0.1, 0.15) is 22.9 Å². The monoisotopic (exact) mass is 378 g/mol. The molecule has 0 rings (SSSR count). The maximum Gasteiger partial charge on any atom is 0.508 e.